The molecule has 1 fully saturated rings. The summed E-state index contributed by atoms with van der Waals surface area (Å²) in [5, 5.41) is 13.5. The fraction of sp³-hybridized carbons (Fsp3) is 0.280. The van der Waals surface area contributed by atoms with E-state index >= 15 is 0 Å². The number of aryl methyl sites for hydroxylation is 1. The summed E-state index contributed by atoms with van der Waals surface area (Å²) < 4.78 is 0. The maximum atomic E-state index is 8.91. The number of likely N-dealkylation sites (tertiary alicyclic amines) is 1. The van der Waals surface area contributed by atoms with Crippen LogP contribution in [-0.4, -0.2) is 37.9 Å². The third kappa shape index (κ3) is 4.46. The molecule has 4 heterocycles. The highest BCUT2D eigenvalue weighted by molar-refractivity contribution is 5.80. The fourth-order valence-corrected chi connectivity index (χ4v) is 4.39. The molecule has 0 unspecified atom stereocenters. The molecular formula is C25H25N7. The van der Waals surface area contributed by atoms with Crippen molar-refractivity contribution in [1.82, 2.24) is 24.8 Å². The number of nitrogens with one attached hydrogen (secondary N) is 2. The second-order valence-corrected chi connectivity index (χ2v) is 8.33. The van der Waals surface area contributed by atoms with Crippen molar-refractivity contribution in [3.63, 3.8) is 0 Å². The third-order valence-electron chi connectivity index (χ3n) is 5.99. The minimum atomic E-state index is 0.398. The van der Waals surface area contributed by atoms with Crippen LogP contribution in [0.1, 0.15) is 41.7 Å². The smallest absolute Gasteiger partial charge is 0.140 e. The summed E-state index contributed by atoms with van der Waals surface area (Å²) in [6, 6.07) is 18.3. The normalized spacial score (nSPS) is 15.0. The second kappa shape index (κ2) is 8.77. The molecule has 0 spiro atoms. The average molecular weight is 424 g/mol. The Morgan fingerprint density at radius 1 is 1.12 bits per heavy atom. The number of aromatic amines is 1. The van der Waals surface area contributed by atoms with Gasteiger partial charge in [-0.15, -0.1) is 0 Å². The van der Waals surface area contributed by atoms with Gasteiger partial charge in [0.1, 0.15) is 23.4 Å². The van der Waals surface area contributed by atoms with Gasteiger partial charge in [0.05, 0.1) is 11.9 Å². The van der Waals surface area contributed by atoms with Crippen molar-refractivity contribution in [3.8, 4) is 6.07 Å². The Labute approximate surface area is 187 Å². The van der Waals surface area contributed by atoms with E-state index in [-0.39, 0.29) is 0 Å². The van der Waals surface area contributed by atoms with E-state index in [0.717, 1.165) is 55.5 Å². The number of pyridine rings is 1. The van der Waals surface area contributed by atoms with Crippen LogP contribution in [0, 0.1) is 18.3 Å². The van der Waals surface area contributed by atoms with Crippen molar-refractivity contribution in [3.05, 3.63) is 77.6 Å². The van der Waals surface area contributed by atoms with Crippen LogP contribution in [0.5, 0.6) is 0 Å². The Hall–Kier alpha value is -3.76. The number of nitrogens with zero attached hydrogens (tertiary/aromatic N) is 5. The van der Waals surface area contributed by atoms with Crippen LogP contribution in [0.15, 0.2) is 54.7 Å². The van der Waals surface area contributed by atoms with Gasteiger partial charge in [-0.3, -0.25) is 4.90 Å². The van der Waals surface area contributed by atoms with Crippen molar-refractivity contribution in [1.29, 1.82) is 5.26 Å². The lowest BCUT2D eigenvalue weighted by atomic mass is 9.93. The molecule has 0 saturated carbocycles. The van der Waals surface area contributed by atoms with Crippen molar-refractivity contribution >= 4 is 22.4 Å². The number of benzene rings is 1. The Morgan fingerprint density at radius 2 is 1.97 bits per heavy atom. The first-order valence-corrected chi connectivity index (χ1v) is 10.9. The molecule has 7 nitrogen and oxygen atoms in total. The second-order valence-electron chi connectivity index (χ2n) is 8.33. The maximum absolute atomic E-state index is 8.91. The van der Waals surface area contributed by atoms with Gasteiger partial charge in [0.15, 0.2) is 0 Å². The Bertz CT molecular complexity index is 1230. The van der Waals surface area contributed by atoms with E-state index < -0.39 is 0 Å². The zero-order valence-electron chi connectivity index (χ0n) is 18.0. The minimum Gasteiger partial charge on any atom is -0.357 e. The van der Waals surface area contributed by atoms with Gasteiger partial charge in [0, 0.05) is 35.4 Å². The highest BCUT2D eigenvalue weighted by Gasteiger charge is 2.23. The average Bonchev–Trinajstić information content (AvgIpc) is 3.22. The lowest BCUT2D eigenvalue weighted by molar-refractivity contribution is 0.201. The van der Waals surface area contributed by atoms with Crippen LogP contribution in [0.2, 0.25) is 0 Å². The predicted molar refractivity (Wildman–Crippen MR) is 125 cm³/mol. The van der Waals surface area contributed by atoms with Gasteiger partial charge < -0.3 is 10.3 Å². The molecule has 1 aliphatic heterocycles. The molecule has 4 aromatic rings. The zero-order chi connectivity index (χ0) is 21.9. The van der Waals surface area contributed by atoms with Crippen LogP contribution in [-0.2, 0) is 6.54 Å². The molecule has 0 aliphatic carbocycles. The van der Waals surface area contributed by atoms with Crippen molar-refractivity contribution in [2.75, 3.05) is 18.4 Å². The molecule has 32 heavy (non-hydrogen) atoms. The molecule has 7 heteroatoms. The lowest BCUT2D eigenvalue weighted by Gasteiger charge is -2.31. The largest absolute Gasteiger partial charge is 0.357 e. The van der Waals surface area contributed by atoms with Crippen molar-refractivity contribution < 1.29 is 0 Å². The van der Waals surface area contributed by atoms with Crippen LogP contribution in [0.4, 0.5) is 11.5 Å². The highest BCUT2D eigenvalue weighted by Crippen LogP contribution is 2.29. The number of piperidine rings is 1. The summed E-state index contributed by atoms with van der Waals surface area (Å²) in [6.07, 6.45) is 3.81. The molecule has 1 aliphatic rings. The van der Waals surface area contributed by atoms with Gasteiger partial charge in [0.2, 0.25) is 0 Å². The SMILES string of the molecule is Cc1nc(Nc2ccc(C#N)nc2)cc(C2CCN(Cc3cc4ccccc4[nH]3)CC2)n1. The number of hydrogen-bond donors (Lipinski definition) is 2. The molecule has 0 atom stereocenters. The Kier molecular flexibility index (Phi) is 5.53. The standard InChI is InChI=1S/C25H25N7/c1-17-28-24(13-25(29-17)31-21-7-6-20(14-26)27-15-21)18-8-10-32(11-9-18)16-22-12-19-4-2-3-5-23(19)30-22/h2-7,12-13,15,18,30H,8-11,16H2,1H3,(H,28,29,31). The van der Waals surface area contributed by atoms with Gasteiger partial charge >= 0.3 is 0 Å². The summed E-state index contributed by atoms with van der Waals surface area (Å²) in [6.45, 7) is 4.97. The van der Waals surface area contributed by atoms with E-state index in [9.17, 15) is 0 Å². The summed E-state index contributed by atoms with van der Waals surface area (Å²) >= 11 is 0. The molecule has 0 bridgehead atoms. The van der Waals surface area contributed by atoms with Crippen molar-refractivity contribution in [2.45, 2.75) is 32.2 Å². The van der Waals surface area contributed by atoms with Crippen LogP contribution >= 0.6 is 0 Å². The highest BCUT2D eigenvalue weighted by atomic mass is 15.1. The zero-order valence-corrected chi connectivity index (χ0v) is 18.0. The number of nitriles is 1. The van der Waals surface area contributed by atoms with Gasteiger partial charge in [0.25, 0.3) is 0 Å². The number of fused-ring (bicyclic) bond motifs is 1. The Morgan fingerprint density at radius 3 is 2.72 bits per heavy atom. The van der Waals surface area contributed by atoms with Gasteiger partial charge in [-0.25, -0.2) is 15.0 Å². The quantitative estimate of drug-likeness (QED) is 0.485. The van der Waals surface area contributed by atoms with Gasteiger partial charge in [-0.2, -0.15) is 5.26 Å². The molecule has 2 N–H and O–H groups in total. The number of para-hydroxylation sites is 1. The van der Waals surface area contributed by atoms with E-state index in [1.807, 2.05) is 25.1 Å². The number of H-pyrrole nitrogens is 1. The molecule has 1 saturated heterocycles. The minimum absolute atomic E-state index is 0.398. The van der Waals surface area contributed by atoms with E-state index in [4.69, 9.17) is 10.2 Å². The van der Waals surface area contributed by atoms with Gasteiger partial charge in [-0.05, 0) is 62.5 Å². The molecule has 160 valence electrons. The summed E-state index contributed by atoms with van der Waals surface area (Å²) in [5.41, 5.74) is 4.76. The topological polar surface area (TPSA) is 93.5 Å². The first-order chi connectivity index (χ1) is 15.7. The molecule has 0 amide bonds. The predicted octanol–water partition coefficient (Wildman–Crippen LogP) is 4.66. The van der Waals surface area contributed by atoms with Crippen molar-refractivity contribution in [2.24, 2.45) is 0 Å². The fourth-order valence-electron chi connectivity index (χ4n) is 4.39. The first kappa shape index (κ1) is 20.2. The molecule has 0 radical (unpaired) electrons. The molecule has 3 aromatic heterocycles. The molecular weight excluding hydrogens is 398 g/mol. The number of hydrogen-bond acceptors (Lipinski definition) is 6. The van der Waals surface area contributed by atoms with E-state index in [1.54, 1.807) is 12.3 Å². The van der Waals surface area contributed by atoms with Crippen LogP contribution < -0.4 is 5.32 Å². The molecule has 1 aromatic carbocycles. The number of aromatic nitrogens is 4. The summed E-state index contributed by atoms with van der Waals surface area (Å²) in [5.74, 6) is 1.95. The number of anilines is 2. The third-order valence-corrected chi connectivity index (χ3v) is 5.99. The van der Waals surface area contributed by atoms with Crippen LogP contribution in [0.25, 0.3) is 10.9 Å². The van der Waals surface area contributed by atoms with E-state index in [2.05, 4.69) is 55.5 Å². The van der Waals surface area contributed by atoms with E-state index in [0.29, 0.717) is 11.6 Å². The summed E-state index contributed by atoms with van der Waals surface area (Å²) in [7, 11) is 0. The first-order valence-electron chi connectivity index (χ1n) is 10.9. The monoisotopic (exact) mass is 423 g/mol. The summed E-state index contributed by atoms with van der Waals surface area (Å²) in [4.78, 5) is 19.4. The lowest BCUT2D eigenvalue weighted by Crippen LogP contribution is -2.32. The number of rotatable bonds is 5. The van der Waals surface area contributed by atoms with Crippen LogP contribution in [0.3, 0.4) is 0 Å². The maximum Gasteiger partial charge on any atom is 0.140 e. The molecule has 5 rings (SSSR count). The van der Waals surface area contributed by atoms with Gasteiger partial charge in [-0.1, -0.05) is 18.2 Å². The van der Waals surface area contributed by atoms with E-state index in [1.165, 1.54) is 16.6 Å². The Balaban J connectivity index is 1.23.